The highest BCUT2D eigenvalue weighted by Gasteiger charge is 2.30. The number of hydrogen-bond donors (Lipinski definition) is 0. The first-order chi connectivity index (χ1) is 10.8. The maximum atomic E-state index is 12.0. The van der Waals surface area contributed by atoms with Crippen LogP contribution in [0.1, 0.15) is 29.5 Å². The number of hydrogen-bond acceptors (Lipinski definition) is 8. The maximum Gasteiger partial charge on any atom is 0.306 e. The smallest absolute Gasteiger partial charge is 0.306 e. The molecule has 2 rings (SSSR count). The van der Waals surface area contributed by atoms with Gasteiger partial charge in [-0.1, -0.05) is 0 Å². The van der Waals surface area contributed by atoms with Crippen LogP contribution in [-0.4, -0.2) is 43.3 Å². The molecule has 1 aliphatic rings. The lowest BCUT2D eigenvalue weighted by Gasteiger charge is -2.09. The standard InChI is InChI=1S/C14H16N2O5S2/c1-9-7-22-14(16-9)11(5-15)12(17)6-21-13(18)4-10-2-3-23(19,20)8-10/h7,10-11H,2-4,6,8H2,1H3/t10-,11+/m1/s1. The first-order valence-electron chi connectivity index (χ1n) is 7.01. The predicted octanol–water partition coefficient (Wildman–Crippen LogP) is 0.996. The van der Waals surface area contributed by atoms with Crippen molar-refractivity contribution >= 4 is 32.9 Å². The molecule has 0 saturated carbocycles. The summed E-state index contributed by atoms with van der Waals surface area (Å²) in [6.45, 7) is 1.25. The fraction of sp³-hybridized carbons (Fsp3) is 0.571. The van der Waals surface area contributed by atoms with Gasteiger partial charge in [0.1, 0.15) is 5.01 Å². The maximum absolute atomic E-state index is 12.0. The molecule has 23 heavy (non-hydrogen) atoms. The SMILES string of the molecule is Cc1csc([C@@H](C#N)C(=O)COC(=O)C[C@H]2CCS(=O)(=O)C2)n1. The lowest BCUT2D eigenvalue weighted by Crippen LogP contribution is -2.21. The van der Waals surface area contributed by atoms with Gasteiger partial charge in [0.2, 0.25) is 0 Å². The van der Waals surface area contributed by atoms with E-state index in [-0.39, 0.29) is 23.8 Å². The number of aryl methyl sites for hydroxylation is 1. The predicted molar refractivity (Wildman–Crippen MR) is 82.5 cm³/mol. The number of rotatable bonds is 6. The van der Waals surface area contributed by atoms with E-state index in [1.807, 2.05) is 6.07 Å². The molecule has 2 atom stereocenters. The van der Waals surface area contributed by atoms with Crippen molar-refractivity contribution in [3.05, 3.63) is 16.1 Å². The van der Waals surface area contributed by atoms with Crippen LogP contribution in [0, 0.1) is 24.2 Å². The lowest BCUT2D eigenvalue weighted by atomic mass is 10.1. The van der Waals surface area contributed by atoms with Crippen molar-refractivity contribution in [2.24, 2.45) is 5.92 Å². The zero-order valence-corrected chi connectivity index (χ0v) is 14.2. The molecule has 7 nitrogen and oxygen atoms in total. The van der Waals surface area contributed by atoms with Gasteiger partial charge in [-0.25, -0.2) is 13.4 Å². The molecule has 0 radical (unpaired) electrons. The summed E-state index contributed by atoms with van der Waals surface area (Å²) in [4.78, 5) is 27.8. The number of aromatic nitrogens is 1. The monoisotopic (exact) mass is 356 g/mol. The van der Waals surface area contributed by atoms with Crippen molar-refractivity contribution in [3.63, 3.8) is 0 Å². The summed E-state index contributed by atoms with van der Waals surface area (Å²) in [5, 5.41) is 11.2. The molecule has 1 fully saturated rings. The van der Waals surface area contributed by atoms with Crippen LogP contribution in [0.4, 0.5) is 0 Å². The number of carbonyl (C=O) groups excluding carboxylic acids is 2. The topological polar surface area (TPSA) is 114 Å². The van der Waals surface area contributed by atoms with Gasteiger partial charge in [0, 0.05) is 17.5 Å². The molecule has 0 unspecified atom stereocenters. The number of Topliss-reactive ketones (excluding diaryl/α,β-unsaturated/α-hetero) is 1. The first kappa shape index (κ1) is 17.6. The van der Waals surface area contributed by atoms with Crippen LogP contribution in [0.3, 0.4) is 0 Å². The molecular weight excluding hydrogens is 340 g/mol. The molecule has 1 aromatic heterocycles. The second-order valence-electron chi connectivity index (χ2n) is 5.49. The van der Waals surface area contributed by atoms with E-state index in [0.29, 0.717) is 11.4 Å². The molecule has 0 spiro atoms. The van der Waals surface area contributed by atoms with E-state index >= 15 is 0 Å². The number of ketones is 1. The Balaban J connectivity index is 1.84. The highest BCUT2D eigenvalue weighted by Crippen LogP contribution is 2.23. The molecule has 1 aromatic rings. The van der Waals surface area contributed by atoms with Crippen molar-refractivity contribution in [1.29, 1.82) is 5.26 Å². The van der Waals surface area contributed by atoms with Crippen molar-refractivity contribution < 1.29 is 22.7 Å². The molecule has 0 N–H and O–H groups in total. The summed E-state index contributed by atoms with van der Waals surface area (Å²) in [5.74, 6) is -2.38. The number of thiazole rings is 1. The van der Waals surface area contributed by atoms with Gasteiger partial charge >= 0.3 is 5.97 Å². The molecule has 0 amide bonds. The quantitative estimate of drug-likeness (QED) is 0.698. The fourth-order valence-electron chi connectivity index (χ4n) is 2.33. The highest BCUT2D eigenvalue weighted by atomic mass is 32.2. The van der Waals surface area contributed by atoms with Gasteiger partial charge in [0.15, 0.2) is 28.1 Å². The fourth-order valence-corrected chi connectivity index (χ4v) is 5.06. The molecule has 2 heterocycles. The zero-order valence-electron chi connectivity index (χ0n) is 12.5. The van der Waals surface area contributed by atoms with Crippen molar-refractivity contribution in [1.82, 2.24) is 4.98 Å². The normalized spacial score (nSPS) is 20.6. The van der Waals surface area contributed by atoms with Crippen LogP contribution in [0.5, 0.6) is 0 Å². The summed E-state index contributed by atoms with van der Waals surface area (Å²) in [6.07, 6.45) is 0.407. The molecule has 0 bridgehead atoms. The Morgan fingerprint density at radius 1 is 1.57 bits per heavy atom. The second-order valence-corrected chi connectivity index (χ2v) is 8.61. The largest absolute Gasteiger partial charge is 0.458 e. The molecule has 0 aliphatic carbocycles. The molecular formula is C14H16N2O5S2. The third-order valence-corrected chi connectivity index (χ3v) is 6.36. The Bertz CT molecular complexity index is 747. The van der Waals surface area contributed by atoms with E-state index in [2.05, 4.69) is 4.98 Å². The third kappa shape index (κ3) is 4.84. The molecule has 1 aliphatic heterocycles. The van der Waals surface area contributed by atoms with E-state index in [4.69, 9.17) is 10.00 Å². The minimum atomic E-state index is -3.05. The first-order valence-corrected chi connectivity index (χ1v) is 9.71. The van der Waals surface area contributed by atoms with E-state index in [9.17, 15) is 18.0 Å². The van der Waals surface area contributed by atoms with E-state index in [0.717, 1.165) is 5.69 Å². The number of carbonyl (C=O) groups is 2. The summed E-state index contributed by atoms with van der Waals surface area (Å²) in [5.41, 5.74) is 0.720. The minimum Gasteiger partial charge on any atom is -0.458 e. The zero-order chi connectivity index (χ0) is 17.0. The Labute approximate surface area is 138 Å². The summed E-state index contributed by atoms with van der Waals surface area (Å²) >= 11 is 1.21. The van der Waals surface area contributed by atoms with Crippen LogP contribution in [0.25, 0.3) is 0 Å². The second kappa shape index (κ2) is 7.19. The van der Waals surface area contributed by atoms with Gasteiger partial charge in [-0.3, -0.25) is 9.59 Å². The summed E-state index contributed by atoms with van der Waals surface area (Å²) in [6, 6.07) is 1.87. The van der Waals surface area contributed by atoms with Crippen LogP contribution >= 0.6 is 11.3 Å². The van der Waals surface area contributed by atoms with Crippen LogP contribution < -0.4 is 0 Å². The average Bonchev–Trinajstić information content (AvgIpc) is 3.03. The van der Waals surface area contributed by atoms with Gasteiger partial charge in [-0.2, -0.15) is 5.26 Å². The summed E-state index contributed by atoms with van der Waals surface area (Å²) < 4.78 is 27.5. The van der Waals surface area contributed by atoms with Gasteiger partial charge in [0.25, 0.3) is 0 Å². The molecule has 9 heteroatoms. The van der Waals surface area contributed by atoms with E-state index in [1.165, 1.54) is 11.3 Å². The highest BCUT2D eigenvalue weighted by molar-refractivity contribution is 7.91. The minimum absolute atomic E-state index is 0.0186. The Morgan fingerprint density at radius 3 is 2.83 bits per heavy atom. The third-order valence-electron chi connectivity index (χ3n) is 3.49. The number of sulfone groups is 1. The number of ether oxygens (including phenoxy) is 1. The van der Waals surface area contributed by atoms with Gasteiger partial charge in [0.05, 0.1) is 17.6 Å². The number of esters is 1. The van der Waals surface area contributed by atoms with Crippen molar-refractivity contribution in [3.8, 4) is 6.07 Å². The van der Waals surface area contributed by atoms with E-state index in [1.54, 1.807) is 12.3 Å². The number of nitriles is 1. The average molecular weight is 356 g/mol. The van der Waals surface area contributed by atoms with Gasteiger partial charge < -0.3 is 4.74 Å². The Hall–Kier alpha value is -1.79. The lowest BCUT2D eigenvalue weighted by molar-refractivity contribution is -0.148. The Morgan fingerprint density at radius 2 is 2.30 bits per heavy atom. The van der Waals surface area contributed by atoms with Gasteiger partial charge in [-0.15, -0.1) is 11.3 Å². The number of nitrogens with zero attached hydrogens (tertiary/aromatic N) is 2. The van der Waals surface area contributed by atoms with Crippen molar-refractivity contribution in [2.45, 2.75) is 25.7 Å². The van der Waals surface area contributed by atoms with Crippen LogP contribution in [0.2, 0.25) is 0 Å². The van der Waals surface area contributed by atoms with Crippen LogP contribution in [-0.2, 0) is 24.2 Å². The Kier molecular flexibility index (Phi) is 5.49. The summed E-state index contributed by atoms with van der Waals surface area (Å²) in [7, 11) is -3.05. The molecule has 1 saturated heterocycles. The van der Waals surface area contributed by atoms with Crippen molar-refractivity contribution in [2.75, 3.05) is 18.1 Å². The molecule has 124 valence electrons. The van der Waals surface area contributed by atoms with Crippen LogP contribution in [0.15, 0.2) is 5.38 Å². The molecule has 0 aromatic carbocycles. The van der Waals surface area contributed by atoms with Gasteiger partial charge in [-0.05, 0) is 19.3 Å². The van der Waals surface area contributed by atoms with E-state index < -0.39 is 34.1 Å².